The van der Waals surface area contributed by atoms with E-state index < -0.39 is 53.3 Å². The Morgan fingerprint density at radius 3 is 2.19 bits per heavy atom. The number of dihydropyridines is 1. The summed E-state index contributed by atoms with van der Waals surface area (Å²) >= 11 is 0. The third kappa shape index (κ3) is 12.8. The molecule has 16 heteroatoms. The van der Waals surface area contributed by atoms with Gasteiger partial charge in [0.05, 0.1) is 41.7 Å². The number of para-hydroxylation sites is 1. The Morgan fingerprint density at radius 2 is 1.54 bits per heavy atom. The van der Waals surface area contributed by atoms with Gasteiger partial charge in [0.15, 0.2) is 0 Å². The Kier molecular flexibility index (Phi) is 17.2. The van der Waals surface area contributed by atoms with Gasteiger partial charge in [-0.2, -0.15) is 0 Å². The van der Waals surface area contributed by atoms with Gasteiger partial charge in [-0.05, 0) is 81.2 Å². The number of carbonyl (C=O) groups is 5. The van der Waals surface area contributed by atoms with Gasteiger partial charge in [-0.15, -0.1) is 0 Å². The van der Waals surface area contributed by atoms with E-state index in [1.54, 1.807) is 39.0 Å². The molecule has 4 aromatic rings. The molecule has 352 valence electrons. The van der Waals surface area contributed by atoms with Gasteiger partial charge < -0.3 is 24.6 Å². The Morgan fingerprint density at radius 1 is 0.881 bits per heavy atom. The molecule has 16 nitrogen and oxygen atoms in total. The van der Waals surface area contributed by atoms with Gasteiger partial charge in [-0.3, -0.25) is 39.6 Å². The molecule has 0 saturated carbocycles. The third-order valence-corrected chi connectivity index (χ3v) is 11.9. The molecule has 0 spiro atoms. The number of hydrogen-bond acceptors (Lipinski definition) is 13. The number of nitrogens with zero attached hydrogens (tertiary/aromatic N) is 3. The van der Waals surface area contributed by atoms with Crippen LogP contribution < -0.4 is 15.5 Å². The first-order valence-corrected chi connectivity index (χ1v) is 22.3. The third-order valence-electron chi connectivity index (χ3n) is 11.9. The second kappa shape index (κ2) is 23.3. The van der Waals surface area contributed by atoms with Gasteiger partial charge in [0, 0.05) is 48.8 Å². The van der Waals surface area contributed by atoms with Gasteiger partial charge in [-0.25, -0.2) is 9.59 Å². The average molecular weight is 916 g/mol. The fourth-order valence-electron chi connectivity index (χ4n) is 8.77. The van der Waals surface area contributed by atoms with Crippen LogP contribution in [-0.2, 0) is 57.6 Å². The molecule has 0 unspecified atom stereocenters. The van der Waals surface area contributed by atoms with Gasteiger partial charge in [0.1, 0.15) is 18.7 Å². The molecule has 4 aromatic carbocycles. The van der Waals surface area contributed by atoms with Crippen molar-refractivity contribution in [1.29, 1.82) is 0 Å². The Bertz CT molecular complexity index is 2490. The van der Waals surface area contributed by atoms with Crippen molar-refractivity contribution in [3.63, 3.8) is 0 Å². The van der Waals surface area contributed by atoms with Gasteiger partial charge in [0.2, 0.25) is 5.91 Å². The normalized spacial score (nSPS) is 18.7. The minimum Gasteiger partial charge on any atom is -0.480 e. The minimum absolute atomic E-state index is 0.134. The molecular formula is C51H57N5O11. The molecule has 1 fully saturated rings. The molecule has 0 aromatic heterocycles. The van der Waals surface area contributed by atoms with Crippen molar-refractivity contribution in [2.45, 2.75) is 83.5 Å². The molecule has 67 heavy (non-hydrogen) atoms. The number of carboxylic acids is 1. The highest BCUT2D eigenvalue weighted by molar-refractivity contribution is 6.02. The fourth-order valence-corrected chi connectivity index (χ4v) is 8.77. The Balaban J connectivity index is 0.000000224. The molecule has 7 rings (SSSR count). The summed E-state index contributed by atoms with van der Waals surface area (Å²) in [4.78, 5) is 78.1. The van der Waals surface area contributed by atoms with Crippen molar-refractivity contribution >= 4 is 41.2 Å². The van der Waals surface area contributed by atoms with Gasteiger partial charge in [-0.1, -0.05) is 91.0 Å². The molecule has 3 aliphatic heterocycles. The molecule has 1 saturated heterocycles. The zero-order valence-electron chi connectivity index (χ0n) is 38.1. The summed E-state index contributed by atoms with van der Waals surface area (Å²) in [6, 6.07) is 31.8. The second-order valence-electron chi connectivity index (χ2n) is 16.5. The molecule has 1 amide bonds. The summed E-state index contributed by atoms with van der Waals surface area (Å²) in [6.45, 7) is 7.16. The van der Waals surface area contributed by atoms with E-state index >= 15 is 0 Å². The molecule has 0 radical (unpaired) electrons. The van der Waals surface area contributed by atoms with Crippen LogP contribution in [0.2, 0.25) is 0 Å². The number of amides is 1. The number of carbonyl (C=O) groups excluding carboxylic acids is 4. The number of methoxy groups -OCH3 is 1. The average Bonchev–Trinajstić information content (AvgIpc) is 3.71. The minimum atomic E-state index is -1.09. The molecule has 4 atom stereocenters. The van der Waals surface area contributed by atoms with E-state index in [2.05, 4.69) is 27.7 Å². The van der Waals surface area contributed by atoms with Crippen molar-refractivity contribution in [1.82, 2.24) is 15.5 Å². The predicted octanol–water partition coefficient (Wildman–Crippen LogP) is 6.39. The standard InChI is InChI=1S/C27H29N3O6.C24H28N2O5/c1-17-23(26(31)35-3)25(20-10-7-11-21(14-20)30(33)34)24(18(2)28-17)27(32)36-22-12-13-29(16-22)15-19-8-5-4-6-9-19;1-2-31-24(30)20(14-12-17-8-4-3-5-9-17)25-19-15-13-18-10-6-7-11-21(18)26(23(19)29)16-22(27)28/h4-11,14,22,25,28H,12-13,15-16H2,1-3H3;3-11,19-20,25H,2,12-16H2,1H3,(H,27,28)/t22-,25-;19-,20-/m00/s1. The van der Waals surface area contributed by atoms with Gasteiger partial charge >= 0.3 is 23.9 Å². The van der Waals surface area contributed by atoms with Crippen LogP contribution in [0.4, 0.5) is 11.4 Å². The first kappa shape index (κ1) is 49.3. The fraction of sp³-hybridized carbons (Fsp3) is 0.353. The van der Waals surface area contributed by atoms with Crippen molar-refractivity contribution in [3.8, 4) is 0 Å². The van der Waals surface area contributed by atoms with Crippen molar-refractivity contribution in [3.05, 3.63) is 164 Å². The van der Waals surface area contributed by atoms with E-state index in [1.807, 2.05) is 60.7 Å². The van der Waals surface area contributed by atoms with E-state index in [1.165, 1.54) is 35.8 Å². The van der Waals surface area contributed by atoms with Crippen LogP contribution in [0, 0.1) is 10.1 Å². The number of likely N-dealkylation sites (tertiary alicyclic amines) is 1. The number of carboxylic acid groups (broad SMARTS) is 1. The maximum absolute atomic E-state index is 13.5. The van der Waals surface area contributed by atoms with Crippen molar-refractivity contribution in [2.75, 3.05) is 38.3 Å². The van der Waals surface area contributed by atoms with E-state index in [9.17, 15) is 39.2 Å². The number of esters is 3. The monoisotopic (exact) mass is 915 g/mol. The number of nitro benzene ring substituents is 1. The second-order valence-corrected chi connectivity index (χ2v) is 16.5. The number of nitro groups is 1. The van der Waals surface area contributed by atoms with Crippen LogP contribution in [0.5, 0.6) is 0 Å². The van der Waals surface area contributed by atoms with Crippen LogP contribution in [-0.4, -0.2) is 96.3 Å². The summed E-state index contributed by atoms with van der Waals surface area (Å²) in [5.41, 5.74) is 5.60. The van der Waals surface area contributed by atoms with Crippen LogP contribution in [0.15, 0.2) is 132 Å². The van der Waals surface area contributed by atoms with E-state index in [0.717, 1.165) is 24.2 Å². The van der Waals surface area contributed by atoms with Crippen LogP contribution in [0.25, 0.3) is 0 Å². The molecular weight excluding hydrogens is 859 g/mol. The SMILES string of the molecule is CCOC(=O)[C@H](CCc1ccccc1)N[C@H]1CCc2ccccc2N(CC(=O)O)C1=O.COC(=O)C1=C(C)NC(C)=C(C(=O)O[C@H]2CCN(Cc3ccccc3)C2)[C@H]1c1cccc([N+](=O)[O-])c1. The summed E-state index contributed by atoms with van der Waals surface area (Å²) < 4.78 is 16.2. The Labute approximate surface area is 389 Å². The summed E-state index contributed by atoms with van der Waals surface area (Å²) in [5.74, 6) is -3.89. The van der Waals surface area contributed by atoms with Crippen molar-refractivity contribution < 1.29 is 48.2 Å². The molecule has 3 aliphatic rings. The Hall–Kier alpha value is -7.17. The van der Waals surface area contributed by atoms with Gasteiger partial charge in [0.25, 0.3) is 5.69 Å². The lowest BCUT2D eigenvalue weighted by Crippen LogP contribution is -2.53. The zero-order valence-corrected chi connectivity index (χ0v) is 38.1. The lowest BCUT2D eigenvalue weighted by Gasteiger charge is -2.30. The van der Waals surface area contributed by atoms with E-state index in [4.69, 9.17) is 14.2 Å². The molecule has 0 bridgehead atoms. The van der Waals surface area contributed by atoms with Crippen LogP contribution >= 0.6 is 0 Å². The number of anilines is 1. The smallest absolute Gasteiger partial charge is 0.337 e. The highest BCUT2D eigenvalue weighted by Gasteiger charge is 2.40. The molecule has 0 aliphatic carbocycles. The number of rotatable bonds is 16. The lowest BCUT2D eigenvalue weighted by atomic mass is 9.80. The number of hydrogen-bond donors (Lipinski definition) is 3. The summed E-state index contributed by atoms with van der Waals surface area (Å²) in [5, 5.41) is 27.0. The zero-order chi connectivity index (χ0) is 48.0. The highest BCUT2D eigenvalue weighted by Crippen LogP contribution is 2.40. The predicted molar refractivity (Wildman–Crippen MR) is 249 cm³/mol. The number of ether oxygens (including phenoxy) is 3. The lowest BCUT2D eigenvalue weighted by molar-refractivity contribution is -0.384. The number of aryl methyl sites for hydroxylation is 2. The summed E-state index contributed by atoms with van der Waals surface area (Å²) in [6.07, 6.45) is 2.58. The van der Waals surface area contributed by atoms with E-state index in [-0.39, 0.29) is 35.5 Å². The maximum atomic E-state index is 13.5. The number of benzene rings is 4. The number of fused-ring (bicyclic) bond motifs is 1. The number of aliphatic carboxylic acids is 1. The maximum Gasteiger partial charge on any atom is 0.337 e. The molecule has 3 N–H and O–H groups in total. The van der Waals surface area contributed by atoms with Crippen molar-refractivity contribution in [2.24, 2.45) is 0 Å². The quantitative estimate of drug-likeness (QED) is 0.0482. The molecule has 3 heterocycles. The van der Waals surface area contributed by atoms with Crippen LogP contribution in [0.3, 0.4) is 0 Å². The number of nitrogens with one attached hydrogen (secondary N) is 2. The largest absolute Gasteiger partial charge is 0.480 e. The van der Waals surface area contributed by atoms with Crippen LogP contribution in [0.1, 0.15) is 68.2 Å². The van der Waals surface area contributed by atoms with E-state index in [0.29, 0.717) is 61.3 Å². The highest BCUT2D eigenvalue weighted by atomic mass is 16.6. The first-order valence-electron chi connectivity index (χ1n) is 22.3. The number of allylic oxidation sites excluding steroid dienone is 2. The first-order chi connectivity index (χ1) is 32.3. The topological polar surface area (TPSA) is 207 Å². The number of non-ortho nitro benzene ring substituents is 1. The summed E-state index contributed by atoms with van der Waals surface area (Å²) in [7, 11) is 1.26.